The molecule has 0 amide bonds. The van der Waals surface area contributed by atoms with E-state index in [0.717, 1.165) is 24.8 Å². The van der Waals surface area contributed by atoms with Crippen molar-refractivity contribution in [3.8, 4) is 0 Å². The molecule has 1 rings (SSSR count). The first kappa shape index (κ1) is 10.2. The van der Waals surface area contributed by atoms with Gasteiger partial charge in [0.1, 0.15) is 0 Å². The molecule has 0 N–H and O–H groups in total. The Kier molecular flexibility index (Phi) is 2.74. The fraction of sp³-hybridized carbons (Fsp3) is 0.583. The van der Waals surface area contributed by atoms with Gasteiger partial charge in [0, 0.05) is 0 Å². The van der Waals surface area contributed by atoms with Crippen molar-refractivity contribution in [2.24, 2.45) is 5.41 Å². The minimum atomic E-state index is 0.128. The highest BCUT2D eigenvalue weighted by atomic mass is 16.1. The van der Waals surface area contributed by atoms with E-state index in [0.29, 0.717) is 0 Å². The van der Waals surface area contributed by atoms with Crippen LogP contribution in [-0.4, -0.2) is 5.78 Å². The van der Waals surface area contributed by atoms with Gasteiger partial charge in [-0.1, -0.05) is 39.3 Å². The largest absolute Gasteiger partial charge is 0.290 e. The van der Waals surface area contributed by atoms with Crippen molar-refractivity contribution in [1.82, 2.24) is 0 Å². The molecule has 0 fully saturated rings. The summed E-state index contributed by atoms with van der Waals surface area (Å²) in [5, 5.41) is 0. The number of hydrogen-bond acceptors (Lipinski definition) is 1. The lowest BCUT2D eigenvalue weighted by Gasteiger charge is -2.32. The lowest BCUT2D eigenvalue weighted by molar-refractivity contribution is -0.112. The summed E-state index contributed by atoms with van der Waals surface area (Å²) < 4.78 is 0. The molecule has 0 aromatic carbocycles. The van der Waals surface area contributed by atoms with Crippen molar-refractivity contribution < 1.29 is 4.79 Å². The van der Waals surface area contributed by atoms with E-state index < -0.39 is 0 Å². The smallest absolute Gasteiger partial charge is 0.181 e. The first-order chi connectivity index (χ1) is 5.97. The molecule has 0 radical (unpaired) electrons. The summed E-state index contributed by atoms with van der Waals surface area (Å²) in [7, 11) is 0. The van der Waals surface area contributed by atoms with Crippen LogP contribution in [0.1, 0.15) is 40.0 Å². The van der Waals surface area contributed by atoms with Gasteiger partial charge in [-0.25, -0.2) is 0 Å². The molecule has 0 atom stereocenters. The van der Waals surface area contributed by atoms with Crippen LogP contribution in [0.25, 0.3) is 0 Å². The maximum absolute atomic E-state index is 11.4. The third-order valence-electron chi connectivity index (χ3n) is 2.70. The van der Waals surface area contributed by atoms with Gasteiger partial charge in [0.15, 0.2) is 5.78 Å². The molecule has 0 unspecified atom stereocenters. The fourth-order valence-corrected chi connectivity index (χ4v) is 1.87. The van der Waals surface area contributed by atoms with Crippen LogP contribution in [0.5, 0.6) is 0 Å². The Hall–Kier alpha value is -0.850. The van der Waals surface area contributed by atoms with Gasteiger partial charge in [-0.2, -0.15) is 0 Å². The monoisotopic (exact) mass is 178 g/mol. The predicted molar refractivity (Wildman–Crippen MR) is 55.5 cm³/mol. The van der Waals surface area contributed by atoms with E-state index in [4.69, 9.17) is 0 Å². The maximum atomic E-state index is 11.4. The van der Waals surface area contributed by atoms with Crippen LogP contribution < -0.4 is 0 Å². The number of ketones is 1. The molecule has 1 nitrogen and oxygen atoms in total. The van der Waals surface area contributed by atoms with Gasteiger partial charge in [0.2, 0.25) is 0 Å². The summed E-state index contributed by atoms with van der Waals surface area (Å²) in [6.45, 7) is 10.3. The van der Waals surface area contributed by atoms with Crippen molar-refractivity contribution in [1.29, 1.82) is 0 Å². The Balaban J connectivity index is 2.95. The molecule has 0 bridgehead atoms. The zero-order valence-corrected chi connectivity index (χ0v) is 8.81. The van der Waals surface area contributed by atoms with Gasteiger partial charge < -0.3 is 0 Å². The molecule has 0 saturated carbocycles. The molecule has 1 aliphatic carbocycles. The first-order valence-electron chi connectivity index (χ1n) is 4.90. The van der Waals surface area contributed by atoms with E-state index in [1.807, 2.05) is 0 Å². The van der Waals surface area contributed by atoms with E-state index in [-0.39, 0.29) is 11.2 Å². The third-order valence-corrected chi connectivity index (χ3v) is 2.70. The molecule has 0 saturated heterocycles. The number of carbonyl (C=O) groups excluding carboxylic acids is 1. The predicted octanol–water partition coefficient (Wildman–Crippen LogP) is 3.27. The summed E-state index contributed by atoms with van der Waals surface area (Å²) in [6.07, 6.45) is 4.74. The Morgan fingerprint density at radius 2 is 2.15 bits per heavy atom. The Morgan fingerprint density at radius 1 is 1.54 bits per heavy atom. The van der Waals surface area contributed by atoms with Crippen molar-refractivity contribution in [2.45, 2.75) is 40.0 Å². The van der Waals surface area contributed by atoms with Crippen LogP contribution in [-0.2, 0) is 4.79 Å². The minimum absolute atomic E-state index is 0.128. The highest BCUT2D eigenvalue weighted by Gasteiger charge is 2.29. The van der Waals surface area contributed by atoms with Crippen LogP contribution in [0, 0.1) is 5.41 Å². The lowest BCUT2D eigenvalue weighted by atomic mass is 9.72. The normalized spacial score (nSPS) is 21.6. The van der Waals surface area contributed by atoms with Gasteiger partial charge >= 0.3 is 0 Å². The Morgan fingerprint density at radius 3 is 2.69 bits per heavy atom. The molecule has 0 aromatic heterocycles. The van der Waals surface area contributed by atoms with E-state index in [9.17, 15) is 4.79 Å². The topological polar surface area (TPSA) is 17.1 Å². The summed E-state index contributed by atoms with van der Waals surface area (Å²) in [6, 6.07) is 0. The van der Waals surface area contributed by atoms with Crippen molar-refractivity contribution >= 4 is 5.78 Å². The third kappa shape index (κ3) is 2.09. The highest BCUT2D eigenvalue weighted by Crippen LogP contribution is 2.39. The van der Waals surface area contributed by atoms with Gasteiger partial charge in [-0.3, -0.25) is 4.79 Å². The van der Waals surface area contributed by atoms with Crippen LogP contribution in [0.4, 0.5) is 0 Å². The maximum Gasteiger partial charge on any atom is 0.181 e. The van der Waals surface area contributed by atoms with Crippen molar-refractivity contribution in [2.75, 3.05) is 0 Å². The molecule has 0 aliphatic heterocycles. The molecule has 72 valence electrons. The van der Waals surface area contributed by atoms with E-state index >= 15 is 0 Å². The SMILES string of the molecule is C=C1CC(C)(C)C(CCC)=CC1=O. The Bertz CT molecular complexity index is 269. The van der Waals surface area contributed by atoms with Crippen molar-refractivity contribution in [3.05, 3.63) is 23.8 Å². The Labute approximate surface area is 80.5 Å². The van der Waals surface area contributed by atoms with Gasteiger partial charge in [-0.05, 0) is 29.9 Å². The number of carbonyl (C=O) groups is 1. The highest BCUT2D eigenvalue weighted by molar-refractivity contribution is 6.05. The number of allylic oxidation sites excluding steroid dienone is 3. The molecule has 1 aliphatic rings. The second-order valence-electron chi connectivity index (χ2n) is 4.45. The summed E-state index contributed by atoms with van der Waals surface area (Å²) in [5.41, 5.74) is 2.18. The second kappa shape index (κ2) is 3.49. The standard InChI is InChI=1S/C12H18O/c1-5-6-10-7-11(13)9(2)8-12(10,3)4/h7H,2,5-6,8H2,1,3-4H3. The molecule has 0 aromatic rings. The lowest BCUT2D eigenvalue weighted by Crippen LogP contribution is -2.23. The molecule has 1 heteroatoms. The molecule has 0 spiro atoms. The average molecular weight is 178 g/mol. The molecular formula is C12H18O. The summed E-state index contributed by atoms with van der Waals surface area (Å²) in [4.78, 5) is 11.4. The van der Waals surface area contributed by atoms with Crippen LogP contribution in [0.15, 0.2) is 23.8 Å². The zero-order chi connectivity index (χ0) is 10.1. The van der Waals surface area contributed by atoms with Gasteiger partial charge in [0.25, 0.3) is 0 Å². The fourth-order valence-electron chi connectivity index (χ4n) is 1.87. The molecule has 13 heavy (non-hydrogen) atoms. The second-order valence-corrected chi connectivity index (χ2v) is 4.45. The van der Waals surface area contributed by atoms with Gasteiger partial charge in [0.05, 0.1) is 0 Å². The average Bonchev–Trinajstić information content (AvgIpc) is 2.00. The van der Waals surface area contributed by atoms with Crippen LogP contribution in [0.3, 0.4) is 0 Å². The number of hydrogen-bond donors (Lipinski definition) is 0. The summed E-state index contributed by atoms with van der Waals surface area (Å²) in [5.74, 6) is 0.128. The summed E-state index contributed by atoms with van der Waals surface area (Å²) >= 11 is 0. The first-order valence-corrected chi connectivity index (χ1v) is 4.90. The molecular weight excluding hydrogens is 160 g/mol. The van der Waals surface area contributed by atoms with E-state index in [2.05, 4.69) is 27.4 Å². The van der Waals surface area contributed by atoms with Gasteiger partial charge in [-0.15, -0.1) is 0 Å². The van der Waals surface area contributed by atoms with Crippen LogP contribution in [0.2, 0.25) is 0 Å². The van der Waals surface area contributed by atoms with E-state index in [1.165, 1.54) is 5.57 Å². The van der Waals surface area contributed by atoms with Crippen molar-refractivity contribution in [3.63, 3.8) is 0 Å². The van der Waals surface area contributed by atoms with Crippen LogP contribution >= 0.6 is 0 Å². The molecule has 0 heterocycles. The zero-order valence-electron chi connectivity index (χ0n) is 8.81. The quantitative estimate of drug-likeness (QED) is 0.593. The number of rotatable bonds is 2. The minimum Gasteiger partial charge on any atom is -0.290 e. The van der Waals surface area contributed by atoms with E-state index in [1.54, 1.807) is 6.08 Å².